The van der Waals surface area contributed by atoms with E-state index in [4.69, 9.17) is 14.2 Å². The molecule has 1 aromatic rings. The fourth-order valence-corrected chi connectivity index (χ4v) is 2.98. The van der Waals surface area contributed by atoms with Crippen LogP contribution in [0.1, 0.15) is 29.6 Å². The number of hydrogen-bond acceptors (Lipinski definition) is 4. The fourth-order valence-electron chi connectivity index (χ4n) is 2.98. The Morgan fingerprint density at radius 2 is 2.05 bits per heavy atom. The Bertz CT molecular complexity index is 549. The zero-order chi connectivity index (χ0) is 14.2. The number of nitrogens with zero attached hydrogens (tertiary/aromatic N) is 1. The number of carbonyl (C=O) groups is 1. The van der Waals surface area contributed by atoms with Crippen molar-refractivity contribution in [3.63, 3.8) is 0 Å². The summed E-state index contributed by atoms with van der Waals surface area (Å²) in [5.74, 6) is 1.96. The topological polar surface area (TPSA) is 48.0 Å². The first kappa shape index (κ1) is 13.0. The van der Waals surface area contributed by atoms with Crippen molar-refractivity contribution in [1.82, 2.24) is 4.90 Å². The maximum Gasteiger partial charge on any atom is 0.254 e. The molecule has 112 valence electrons. The van der Waals surface area contributed by atoms with Crippen LogP contribution in [-0.2, 0) is 4.74 Å². The van der Waals surface area contributed by atoms with Crippen molar-refractivity contribution in [2.24, 2.45) is 5.92 Å². The molecule has 0 radical (unpaired) electrons. The molecular formula is C16H19NO4. The lowest BCUT2D eigenvalue weighted by molar-refractivity contribution is 0.0706. The van der Waals surface area contributed by atoms with Gasteiger partial charge in [-0.1, -0.05) is 0 Å². The predicted molar refractivity (Wildman–Crippen MR) is 75.5 cm³/mol. The highest BCUT2D eigenvalue weighted by atomic mass is 16.7. The first-order chi connectivity index (χ1) is 10.3. The summed E-state index contributed by atoms with van der Waals surface area (Å²) in [5, 5.41) is 0. The molecular weight excluding hydrogens is 270 g/mol. The maximum atomic E-state index is 12.8. The summed E-state index contributed by atoms with van der Waals surface area (Å²) < 4.78 is 16.1. The third kappa shape index (κ3) is 2.58. The second kappa shape index (κ2) is 5.22. The lowest BCUT2D eigenvalue weighted by Gasteiger charge is -2.25. The van der Waals surface area contributed by atoms with Crippen LogP contribution in [0.5, 0.6) is 11.5 Å². The molecule has 0 bridgehead atoms. The number of ether oxygens (including phenoxy) is 3. The van der Waals surface area contributed by atoms with Gasteiger partial charge in [0.1, 0.15) is 0 Å². The minimum absolute atomic E-state index is 0.0997. The number of amides is 1. The van der Waals surface area contributed by atoms with E-state index < -0.39 is 0 Å². The highest BCUT2D eigenvalue weighted by molar-refractivity contribution is 5.95. The molecule has 1 unspecified atom stereocenters. The summed E-state index contributed by atoms with van der Waals surface area (Å²) in [5.41, 5.74) is 0.685. The Morgan fingerprint density at radius 1 is 1.19 bits per heavy atom. The first-order valence-corrected chi connectivity index (χ1v) is 7.59. The molecule has 3 aliphatic rings. The molecule has 2 heterocycles. The Labute approximate surface area is 123 Å². The molecule has 1 atom stereocenters. The molecule has 2 fully saturated rings. The Hall–Kier alpha value is -1.75. The summed E-state index contributed by atoms with van der Waals surface area (Å²) in [6, 6.07) is 5.85. The fraction of sp³-hybridized carbons (Fsp3) is 0.562. The molecule has 5 nitrogen and oxygen atoms in total. The molecule has 1 saturated heterocycles. The van der Waals surface area contributed by atoms with E-state index >= 15 is 0 Å². The predicted octanol–water partition coefficient (Wildman–Crippen LogP) is 2.06. The van der Waals surface area contributed by atoms with Gasteiger partial charge in [-0.15, -0.1) is 0 Å². The van der Waals surface area contributed by atoms with Crippen LogP contribution in [0.25, 0.3) is 0 Å². The molecule has 0 aromatic heterocycles. The quantitative estimate of drug-likeness (QED) is 0.851. The smallest absolute Gasteiger partial charge is 0.254 e. The zero-order valence-corrected chi connectivity index (χ0v) is 11.9. The highest BCUT2D eigenvalue weighted by Gasteiger charge is 2.35. The van der Waals surface area contributed by atoms with Gasteiger partial charge in [0.2, 0.25) is 6.79 Å². The van der Waals surface area contributed by atoms with Gasteiger partial charge in [-0.3, -0.25) is 4.79 Å². The molecule has 1 aliphatic carbocycles. The van der Waals surface area contributed by atoms with Crippen LogP contribution in [0.3, 0.4) is 0 Å². The zero-order valence-electron chi connectivity index (χ0n) is 11.9. The Morgan fingerprint density at radius 3 is 2.81 bits per heavy atom. The van der Waals surface area contributed by atoms with E-state index in [1.54, 1.807) is 6.07 Å². The van der Waals surface area contributed by atoms with Crippen molar-refractivity contribution in [1.29, 1.82) is 0 Å². The van der Waals surface area contributed by atoms with E-state index in [0.717, 1.165) is 39.0 Å². The Balaban J connectivity index is 1.53. The van der Waals surface area contributed by atoms with Crippen molar-refractivity contribution >= 4 is 5.91 Å². The number of benzene rings is 1. The van der Waals surface area contributed by atoms with Gasteiger partial charge in [0.15, 0.2) is 11.5 Å². The monoisotopic (exact) mass is 289 g/mol. The van der Waals surface area contributed by atoms with Crippen LogP contribution >= 0.6 is 0 Å². The highest BCUT2D eigenvalue weighted by Crippen LogP contribution is 2.35. The SMILES string of the molecule is O=C(c1ccc2c(c1)OCO2)N(CC1CCOC1)C1CC1. The lowest BCUT2D eigenvalue weighted by atomic mass is 10.1. The van der Waals surface area contributed by atoms with E-state index in [1.807, 2.05) is 17.0 Å². The van der Waals surface area contributed by atoms with Gasteiger partial charge in [0.05, 0.1) is 6.61 Å². The number of rotatable bonds is 4. The summed E-state index contributed by atoms with van der Waals surface area (Å²) >= 11 is 0. The second-order valence-corrected chi connectivity index (χ2v) is 5.99. The van der Waals surface area contributed by atoms with Crippen molar-refractivity contribution in [2.75, 3.05) is 26.6 Å². The van der Waals surface area contributed by atoms with Crippen LogP contribution in [-0.4, -0.2) is 43.4 Å². The van der Waals surface area contributed by atoms with E-state index in [1.165, 1.54) is 0 Å². The van der Waals surface area contributed by atoms with Gasteiger partial charge in [0, 0.05) is 30.7 Å². The van der Waals surface area contributed by atoms with Crippen LogP contribution in [0.2, 0.25) is 0 Å². The van der Waals surface area contributed by atoms with Gasteiger partial charge in [-0.05, 0) is 37.5 Å². The third-order valence-corrected chi connectivity index (χ3v) is 4.35. The summed E-state index contributed by atoms with van der Waals surface area (Å²) in [4.78, 5) is 14.8. The number of hydrogen-bond donors (Lipinski definition) is 0. The Kier molecular flexibility index (Phi) is 3.22. The van der Waals surface area contributed by atoms with Crippen LogP contribution < -0.4 is 9.47 Å². The third-order valence-electron chi connectivity index (χ3n) is 4.35. The minimum atomic E-state index is 0.0997. The molecule has 1 saturated carbocycles. The summed E-state index contributed by atoms with van der Waals surface area (Å²) in [6.07, 6.45) is 3.28. The number of fused-ring (bicyclic) bond motifs is 1. The molecule has 21 heavy (non-hydrogen) atoms. The maximum absolute atomic E-state index is 12.8. The van der Waals surface area contributed by atoms with E-state index in [-0.39, 0.29) is 12.7 Å². The van der Waals surface area contributed by atoms with Gasteiger partial charge < -0.3 is 19.1 Å². The molecule has 1 aromatic carbocycles. The lowest BCUT2D eigenvalue weighted by Crippen LogP contribution is -2.37. The molecule has 4 rings (SSSR count). The van der Waals surface area contributed by atoms with Crippen molar-refractivity contribution in [2.45, 2.75) is 25.3 Å². The summed E-state index contributed by atoms with van der Waals surface area (Å²) in [6.45, 7) is 2.63. The molecule has 2 aliphatic heterocycles. The first-order valence-electron chi connectivity index (χ1n) is 7.59. The van der Waals surface area contributed by atoms with Crippen LogP contribution in [0.15, 0.2) is 18.2 Å². The minimum Gasteiger partial charge on any atom is -0.454 e. The van der Waals surface area contributed by atoms with Gasteiger partial charge in [0.25, 0.3) is 5.91 Å². The second-order valence-electron chi connectivity index (χ2n) is 5.99. The standard InChI is InChI=1S/C16H19NO4/c18-16(12-1-4-14-15(7-12)21-10-20-14)17(13-2-3-13)8-11-5-6-19-9-11/h1,4,7,11,13H,2-3,5-6,8-10H2. The molecule has 1 amide bonds. The van der Waals surface area contributed by atoms with Crippen molar-refractivity contribution in [3.8, 4) is 11.5 Å². The summed E-state index contributed by atoms with van der Waals surface area (Å²) in [7, 11) is 0. The van der Waals surface area contributed by atoms with Gasteiger partial charge in [-0.25, -0.2) is 0 Å². The van der Waals surface area contributed by atoms with E-state index in [2.05, 4.69) is 0 Å². The normalized spacial score (nSPS) is 23.3. The molecule has 0 N–H and O–H groups in total. The van der Waals surface area contributed by atoms with Crippen LogP contribution in [0, 0.1) is 5.92 Å². The average molecular weight is 289 g/mol. The van der Waals surface area contributed by atoms with Crippen LogP contribution in [0.4, 0.5) is 0 Å². The van der Waals surface area contributed by atoms with E-state index in [9.17, 15) is 4.79 Å². The van der Waals surface area contributed by atoms with E-state index in [0.29, 0.717) is 29.0 Å². The number of carbonyl (C=O) groups excluding carboxylic acids is 1. The molecule has 0 spiro atoms. The molecule has 5 heteroatoms. The van der Waals surface area contributed by atoms with Crippen molar-refractivity contribution < 1.29 is 19.0 Å². The largest absolute Gasteiger partial charge is 0.454 e. The average Bonchev–Trinajstić information content (AvgIpc) is 3.02. The van der Waals surface area contributed by atoms with Crippen molar-refractivity contribution in [3.05, 3.63) is 23.8 Å². The van der Waals surface area contributed by atoms with Gasteiger partial charge >= 0.3 is 0 Å². The van der Waals surface area contributed by atoms with Gasteiger partial charge in [-0.2, -0.15) is 0 Å².